The predicted octanol–water partition coefficient (Wildman–Crippen LogP) is 2.82. The fourth-order valence-corrected chi connectivity index (χ4v) is 2.09. The Morgan fingerprint density at radius 3 is 2.21 bits per heavy atom. The smallest absolute Gasteiger partial charge is 0.328 e. The van der Waals surface area contributed by atoms with Gasteiger partial charge in [0.05, 0.1) is 0 Å². The van der Waals surface area contributed by atoms with Crippen LogP contribution in [0.2, 0.25) is 5.02 Å². The van der Waals surface area contributed by atoms with Crippen molar-refractivity contribution in [2.45, 2.75) is 12.0 Å². The Morgan fingerprint density at radius 2 is 1.68 bits per heavy atom. The molecule has 0 aliphatic carbocycles. The van der Waals surface area contributed by atoms with E-state index in [-0.39, 0.29) is 6.42 Å². The van der Waals surface area contributed by atoms with Crippen LogP contribution >= 0.6 is 11.6 Å². The fourth-order valence-electron chi connectivity index (χ4n) is 1.96. The molecule has 2 aromatic carbocycles. The number of rotatable bonds is 4. The molecule has 0 unspecified atom stereocenters. The SMILES string of the molecule is N[C@@](Cc1ccc(Cl)cc1)(C(=O)O)c1ccccc1. The largest absolute Gasteiger partial charge is 0.480 e. The minimum Gasteiger partial charge on any atom is -0.480 e. The Kier molecular flexibility index (Phi) is 3.88. The van der Waals surface area contributed by atoms with Crippen LogP contribution < -0.4 is 5.73 Å². The van der Waals surface area contributed by atoms with Crippen LogP contribution in [-0.2, 0) is 16.8 Å². The molecule has 0 spiro atoms. The van der Waals surface area contributed by atoms with Crippen LogP contribution in [0.3, 0.4) is 0 Å². The second-order valence-electron chi connectivity index (χ2n) is 4.45. The first-order valence-corrected chi connectivity index (χ1v) is 6.22. The van der Waals surface area contributed by atoms with Crippen LogP contribution in [0, 0.1) is 0 Å². The molecule has 0 aliphatic rings. The van der Waals surface area contributed by atoms with Gasteiger partial charge < -0.3 is 10.8 Å². The van der Waals surface area contributed by atoms with Crippen molar-refractivity contribution in [1.82, 2.24) is 0 Å². The van der Waals surface area contributed by atoms with Crippen molar-refractivity contribution in [2.24, 2.45) is 5.73 Å². The third-order valence-electron chi connectivity index (χ3n) is 3.07. The van der Waals surface area contributed by atoms with Crippen molar-refractivity contribution in [1.29, 1.82) is 0 Å². The van der Waals surface area contributed by atoms with Gasteiger partial charge in [-0.1, -0.05) is 54.1 Å². The lowest BCUT2D eigenvalue weighted by Gasteiger charge is -2.25. The third-order valence-corrected chi connectivity index (χ3v) is 3.32. The molecular weight excluding hydrogens is 262 g/mol. The fraction of sp³-hybridized carbons (Fsp3) is 0.133. The van der Waals surface area contributed by atoms with Crippen molar-refractivity contribution < 1.29 is 9.90 Å². The molecule has 0 saturated heterocycles. The lowest BCUT2D eigenvalue weighted by Crippen LogP contribution is -2.46. The normalized spacial score (nSPS) is 13.8. The van der Waals surface area contributed by atoms with Crippen molar-refractivity contribution in [2.75, 3.05) is 0 Å². The summed E-state index contributed by atoms with van der Waals surface area (Å²) in [6, 6.07) is 15.9. The highest BCUT2D eigenvalue weighted by molar-refractivity contribution is 6.30. The summed E-state index contributed by atoms with van der Waals surface area (Å²) in [6.45, 7) is 0. The molecule has 0 radical (unpaired) electrons. The maximum Gasteiger partial charge on any atom is 0.328 e. The average molecular weight is 276 g/mol. The predicted molar refractivity (Wildman–Crippen MR) is 75.1 cm³/mol. The van der Waals surface area contributed by atoms with Gasteiger partial charge in [0.2, 0.25) is 0 Å². The summed E-state index contributed by atoms with van der Waals surface area (Å²) < 4.78 is 0. The van der Waals surface area contributed by atoms with Gasteiger partial charge in [0, 0.05) is 11.4 Å². The summed E-state index contributed by atoms with van der Waals surface area (Å²) in [7, 11) is 0. The van der Waals surface area contributed by atoms with E-state index in [4.69, 9.17) is 17.3 Å². The Morgan fingerprint density at radius 1 is 1.11 bits per heavy atom. The molecule has 98 valence electrons. The van der Waals surface area contributed by atoms with E-state index in [1.807, 2.05) is 6.07 Å². The Labute approximate surface area is 116 Å². The molecule has 0 aromatic heterocycles. The van der Waals surface area contributed by atoms with E-state index in [0.29, 0.717) is 10.6 Å². The van der Waals surface area contributed by atoms with Crippen molar-refractivity contribution >= 4 is 17.6 Å². The third kappa shape index (κ3) is 2.95. The summed E-state index contributed by atoms with van der Waals surface area (Å²) >= 11 is 5.81. The van der Waals surface area contributed by atoms with Crippen LogP contribution in [0.1, 0.15) is 11.1 Å². The van der Waals surface area contributed by atoms with E-state index in [1.165, 1.54) is 0 Å². The monoisotopic (exact) mass is 275 g/mol. The van der Waals surface area contributed by atoms with Gasteiger partial charge in [0.1, 0.15) is 5.54 Å². The first-order chi connectivity index (χ1) is 9.02. The van der Waals surface area contributed by atoms with Crippen LogP contribution in [0.25, 0.3) is 0 Å². The second kappa shape index (κ2) is 5.43. The van der Waals surface area contributed by atoms with Crippen LogP contribution in [0.15, 0.2) is 54.6 Å². The van der Waals surface area contributed by atoms with E-state index in [2.05, 4.69) is 0 Å². The second-order valence-corrected chi connectivity index (χ2v) is 4.88. The Bertz CT molecular complexity index is 568. The van der Waals surface area contributed by atoms with Gasteiger partial charge in [0.25, 0.3) is 0 Å². The number of hydrogen-bond donors (Lipinski definition) is 2. The highest BCUT2D eigenvalue weighted by Gasteiger charge is 2.36. The molecule has 2 rings (SSSR count). The van der Waals surface area contributed by atoms with E-state index < -0.39 is 11.5 Å². The van der Waals surface area contributed by atoms with Gasteiger partial charge in [-0.25, -0.2) is 4.79 Å². The maximum atomic E-state index is 11.5. The van der Waals surface area contributed by atoms with Crippen molar-refractivity contribution in [3.05, 3.63) is 70.7 Å². The number of benzene rings is 2. The zero-order chi connectivity index (χ0) is 13.9. The average Bonchev–Trinajstić information content (AvgIpc) is 2.42. The zero-order valence-corrected chi connectivity index (χ0v) is 11.0. The lowest BCUT2D eigenvalue weighted by molar-refractivity contribution is -0.143. The highest BCUT2D eigenvalue weighted by atomic mass is 35.5. The molecule has 19 heavy (non-hydrogen) atoms. The number of carbonyl (C=O) groups is 1. The van der Waals surface area contributed by atoms with Gasteiger partial charge in [-0.15, -0.1) is 0 Å². The number of carboxylic acids is 1. The molecule has 3 nitrogen and oxygen atoms in total. The highest BCUT2D eigenvalue weighted by Crippen LogP contribution is 2.24. The molecular formula is C15H14ClNO2. The van der Waals surface area contributed by atoms with Gasteiger partial charge in [-0.2, -0.15) is 0 Å². The number of carboxylic acid groups (broad SMARTS) is 1. The van der Waals surface area contributed by atoms with Gasteiger partial charge in [0.15, 0.2) is 0 Å². The zero-order valence-electron chi connectivity index (χ0n) is 10.2. The standard InChI is InChI=1S/C15H14ClNO2/c16-13-8-6-11(7-9-13)10-15(17,14(18)19)12-4-2-1-3-5-12/h1-9H,10,17H2,(H,18,19)/t15-/m1/s1. The molecule has 4 heteroatoms. The van der Waals surface area contributed by atoms with Crippen LogP contribution in [0.5, 0.6) is 0 Å². The van der Waals surface area contributed by atoms with E-state index in [0.717, 1.165) is 5.56 Å². The molecule has 0 bridgehead atoms. The van der Waals surface area contributed by atoms with E-state index in [9.17, 15) is 9.90 Å². The van der Waals surface area contributed by atoms with Crippen molar-refractivity contribution in [3.63, 3.8) is 0 Å². The molecule has 3 N–H and O–H groups in total. The molecule has 0 saturated carbocycles. The first kappa shape index (κ1) is 13.6. The van der Waals surface area contributed by atoms with Gasteiger partial charge >= 0.3 is 5.97 Å². The minimum atomic E-state index is -1.44. The van der Waals surface area contributed by atoms with Gasteiger partial charge in [-0.05, 0) is 23.3 Å². The summed E-state index contributed by atoms with van der Waals surface area (Å²) in [6.07, 6.45) is 0.212. The molecule has 2 aromatic rings. The number of halogens is 1. The number of nitrogens with two attached hydrogens (primary N) is 1. The molecule has 0 amide bonds. The summed E-state index contributed by atoms with van der Waals surface area (Å²) in [5.74, 6) is -1.05. The minimum absolute atomic E-state index is 0.212. The molecule has 0 heterocycles. The lowest BCUT2D eigenvalue weighted by atomic mass is 9.85. The molecule has 0 aliphatic heterocycles. The summed E-state index contributed by atoms with van der Waals surface area (Å²) in [5.41, 5.74) is 6.08. The molecule has 1 atom stereocenters. The summed E-state index contributed by atoms with van der Waals surface area (Å²) in [5, 5.41) is 10.1. The first-order valence-electron chi connectivity index (χ1n) is 5.84. The van der Waals surface area contributed by atoms with E-state index >= 15 is 0 Å². The van der Waals surface area contributed by atoms with Gasteiger partial charge in [-0.3, -0.25) is 0 Å². The topological polar surface area (TPSA) is 63.3 Å². The Balaban J connectivity index is 2.36. The number of hydrogen-bond acceptors (Lipinski definition) is 2. The molecule has 0 fully saturated rings. The quantitative estimate of drug-likeness (QED) is 0.902. The van der Waals surface area contributed by atoms with E-state index in [1.54, 1.807) is 48.5 Å². The maximum absolute atomic E-state index is 11.5. The number of aliphatic carboxylic acids is 1. The summed E-state index contributed by atoms with van der Waals surface area (Å²) in [4.78, 5) is 11.5. The van der Waals surface area contributed by atoms with Crippen molar-refractivity contribution in [3.8, 4) is 0 Å². The Hall–Kier alpha value is -1.84. The van der Waals surface area contributed by atoms with Crippen LogP contribution in [-0.4, -0.2) is 11.1 Å². The van der Waals surface area contributed by atoms with Crippen LogP contribution in [0.4, 0.5) is 0 Å².